The second-order valence-corrected chi connectivity index (χ2v) is 5.80. The highest BCUT2D eigenvalue weighted by molar-refractivity contribution is 5.94. The lowest BCUT2D eigenvalue weighted by Crippen LogP contribution is -2.44. The molecular weight excluding hydrogens is 353 g/mol. The third kappa shape index (κ3) is 5.18. The summed E-state index contributed by atoms with van der Waals surface area (Å²) < 4.78 is 50.3. The molecular formula is C17H21F3N2O4. The molecule has 1 aliphatic rings. The van der Waals surface area contributed by atoms with E-state index >= 15 is 0 Å². The Morgan fingerprint density at radius 3 is 2.50 bits per heavy atom. The summed E-state index contributed by atoms with van der Waals surface area (Å²) in [6, 6.07) is 1.60. The number of morpholine rings is 1. The van der Waals surface area contributed by atoms with E-state index in [1.807, 2.05) is 0 Å². The SMILES string of the molecule is COC(=O)CCN(CCN1CCOCC1)C(=O)c1ccc(F)c(F)c1F. The number of amides is 1. The second kappa shape index (κ2) is 9.54. The molecule has 0 spiro atoms. The maximum absolute atomic E-state index is 14.0. The highest BCUT2D eigenvalue weighted by Gasteiger charge is 2.24. The van der Waals surface area contributed by atoms with Gasteiger partial charge in [-0.05, 0) is 12.1 Å². The largest absolute Gasteiger partial charge is 0.469 e. The number of hydrogen-bond donors (Lipinski definition) is 0. The van der Waals surface area contributed by atoms with Crippen LogP contribution in [0.5, 0.6) is 0 Å². The first kappa shape index (κ1) is 20.2. The average Bonchev–Trinajstić information content (AvgIpc) is 2.66. The van der Waals surface area contributed by atoms with E-state index in [2.05, 4.69) is 9.64 Å². The van der Waals surface area contributed by atoms with Crippen molar-refractivity contribution in [1.29, 1.82) is 0 Å². The molecule has 26 heavy (non-hydrogen) atoms. The van der Waals surface area contributed by atoms with Crippen LogP contribution >= 0.6 is 0 Å². The Morgan fingerprint density at radius 2 is 1.85 bits per heavy atom. The molecule has 1 aliphatic heterocycles. The fourth-order valence-corrected chi connectivity index (χ4v) is 2.59. The lowest BCUT2D eigenvalue weighted by Gasteiger charge is -2.30. The van der Waals surface area contributed by atoms with Crippen molar-refractivity contribution in [1.82, 2.24) is 9.80 Å². The molecule has 2 rings (SSSR count). The van der Waals surface area contributed by atoms with Crippen LogP contribution in [0.25, 0.3) is 0 Å². The van der Waals surface area contributed by atoms with Crippen LogP contribution in [0.4, 0.5) is 13.2 Å². The Labute approximate surface area is 149 Å². The fraction of sp³-hybridized carbons (Fsp3) is 0.529. The molecule has 0 saturated carbocycles. The third-order valence-corrected chi connectivity index (χ3v) is 4.16. The number of hydrogen-bond acceptors (Lipinski definition) is 5. The van der Waals surface area contributed by atoms with Gasteiger partial charge in [0.05, 0.1) is 32.3 Å². The van der Waals surface area contributed by atoms with Gasteiger partial charge in [0, 0.05) is 32.7 Å². The Kier molecular flexibility index (Phi) is 7.40. The Balaban J connectivity index is 2.11. The minimum atomic E-state index is -1.70. The summed E-state index contributed by atoms with van der Waals surface area (Å²) in [7, 11) is 1.22. The van der Waals surface area contributed by atoms with Crippen LogP contribution in [0.1, 0.15) is 16.8 Å². The van der Waals surface area contributed by atoms with Gasteiger partial charge in [0.1, 0.15) is 0 Å². The van der Waals surface area contributed by atoms with Crippen molar-refractivity contribution in [3.05, 3.63) is 35.1 Å². The Morgan fingerprint density at radius 1 is 1.15 bits per heavy atom. The summed E-state index contributed by atoms with van der Waals surface area (Å²) in [6.45, 7) is 3.21. The standard InChI is InChI=1S/C17H21F3N2O4/c1-25-14(23)4-5-22(7-6-21-8-10-26-11-9-21)17(24)12-2-3-13(18)16(20)15(12)19/h2-3H,4-11H2,1H3. The number of ether oxygens (including phenoxy) is 2. The van der Waals surface area contributed by atoms with Gasteiger partial charge in [0.2, 0.25) is 0 Å². The predicted octanol–water partition coefficient (Wildman–Crippen LogP) is 1.44. The number of rotatable bonds is 7. The van der Waals surface area contributed by atoms with E-state index in [0.717, 1.165) is 6.07 Å². The van der Waals surface area contributed by atoms with Gasteiger partial charge < -0.3 is 14.4 Å². The van der Waals surface area contributed by atoms with Crippen LogP contribution < -0.4 is 0 Å². The van der Waals surface area contributed by atoms with Gasteiger partial charge >= 0.3 is 5.97 Å². The normalized spacial score (nSPS) is 14.9. The minimum Gasteiger partial charge on any atom is -0.469 e. The number of esters is 1. The number of carbonyl (C=O) groups excluding carboxylic acids is 2. The lowest BCUT2D eigenvalue weighted by atomic mass is 10.1. The smallest absolute Gasteiger partial charge is 0.307 e. The first-order valence-corrected chi connectivity index (χ1v) is 8.23. The summed E-state index contributed by atoms with van der Waals surface area (Å²) in [5.74, 6) is -5.94. The first-order chi connectivity index (χ1) is 12.4. The van der Waals surface area contributed by atoms with E-state index in [9.17, 15) is 22.8 Å². The van der Waals surface area contributed by atoms with Crippen LogP contribution in [0.3, 0.4) is 0 Å². The minimum absolute atomic E-state index is 0.0196. The highest BCUT2D eigenvalue weighted by atomic mass is 19.2. The number of benzene rings is 1. The highest BCUT2D eigenvalue weighted by Crippen LogP contribution is 2.17. The predicted molar refractivity (Wildman–Crippen MR) is 86.1 cm³/mol. The van der Waals surface area contributed by atoms with Crippen LogP contribution in [-0.4, -0.2) is 74.7 Å². The van der Waals surface area contributed by atoms with E-state index in [0.29, 0.717) is 38.9 Å². The molecule has 1 fully saturated rings. The van der Waals surface area contributed by atoms with Gasteiger partial charge in [0.25, 0.3) is 5.91 Å². The van der Waals surface area contributed by atoms with Crippen molar-refractivity contribution in [3.63, 3.8) is 0 Å². The molecule has 0 aromatic heterocycles. The van der Waals surface area contributed by atoms with E-state index < -0.39 is 34.9 Å². The second-order valence-electron chi connectivity index (χ2n) is 5.80. The number of carbonyl (C=O) groups is 2. The van der Waals surface area contributed by atoms with Crippen molar-refractivity contribution < 1.29 is 32.2 Å². The van der Waals surface area contributed by atoms with E-state index in [1.165, 1.54) is 12.0 Å². The molecule has 0 N–H and O–H groups in total. The van der Waals surface area contributed by atoms with Gasteiger partial charge in [-0.15, -0.1) is 0 Å². The zero-order valence-electron chi connectivity index (χ0n) is 14.5. The summed E-state index contributed by atoms with van der Waals surface area (Å²) in [5.41, 5.74) is -0.573. The summed E-state index contributed by atoms with van der Waals surface area (Å²) in [6.07, 6.45) is -0.0867. The van der Waals surface area contributed by atoms with Crippen molar-refractivity contribution in [2.75, 3.05) is 53.0 Å². The topological polar surface area (TPSA) is 59.1 Å². The zero-order valence-corrected chi connectivity index (χ0v) is 14.5. The molecule has 1 saturated heterocycles. The van der Waals surface area contributed by atoms with Crippen LogP contribution in [0, 0.1) is 17.5 Å². The molecule has 144 valence electrons. The van der Waals surface area contributed by atoms with Gasteiger partial charge in [-0.1, -0.05) is 0 Å². The van der Waals surface area contributed by atoms with Gasteiger partial charge in [0.15, 0.2) is 17.5 Å². The van der Waals surface area contributed by atoms with Gasteiger partial charge in [-0.2, -0.15) is 0 Å². The molecule has 1 aromatic carbocycles. The quantitative estimate of drug-likeness (QED) is 0.534. The molecule has 1 aromatic rings. The number of nitrogens with zero attached hydrogens (tertiary/aromatic N) is 2. The van der Waals surface area contributed by atoms with E-state index in [4.69, 9.17) is 4.74 Å². The van der Waals surface area contributed by atoms with Gasteiger partial charge in [-0.25, -0.2) is 13.2 Å². The first-order valence-electron chi connectivity index (χ1n) is 8.23. The van der Waals surface area contributed by atoms with Crippen molar-refractivity contribution in [2.24, 2.45) is 0 Å². The Bertz CT molecular complexity index is 651. The van der Waals surface area contributed by atoms with Crippen LogP contribution in [-0.2, 0) is 14.3 Å². The van der Waals surface area contributed by atoms with Crippen molar-refractivity contribution in [3.8, 4) is 0 Å². The summed E-state index contributed by atoms with van der Waals surface area (Å²) in [5, 5.41) is 0. The lowest BCUT2D eigenvalue weighted by molar-refractivity contribution is -0.140. The number of methoxy groups -OCH3 is 1. The Hall–Kier alpha value is -2.13. The molecule has 0 aliphatic carbocycles. The van der Waals surface area contributed by atoms with Gasteiger partial charge in [-0.3, -0.25) is 14.5 Å². The summed E-state index contributed by atoms with van der Waals surface area (Å²) in [4.78, 5) is 27.3. The molecule has 0 atom stereocenters. The average molecular weight is 374 g/mol. The molecule has 1 heterocycles. The van der Waals surface area contributed by atoms with E-state index in [-0.39, 0.29) is 19.5 Å². The third-order valence-electron chi connectivity index (χ3n) is 4.16. The number of halogens is 3. The van der Waals surface area contributed by atoms with Crippen LogP contribution in [0.2, 0.25) is 0 Å². The molecule has 0 bridgehead atoms. The molecule has 1 amide bonds. The maximum atomic E-state index is 14.0. The molecule has 9 heteroatoms. The zero-order chi connectivity index (χ0) is 19.1. The maximum Gasteiger partial charge on any atom is 0.307 e. The van der Waals surface area contributed by atoms with Crippen molar-refractivity contribution in [2.45, 2.75) is 6.42 Å². The monoisotopic (exact) mass is 374 g/mol. The fourth-order valence-electron chi connectivity index (χ4n) is 2.59. The van der Waals surface area contributed by atoms with Crippen molar-refractivity contribution >= 4 is 11.9 Å². The molecule has 0 radical (unpaired) electrons. The van der Waals surface area contributed by atoms with E-state index in [1.54, 1.807) is 0 Å². The molecule has 6 nitrogen and oxygen atoms in total. The summed E-state index contributed by atoms with van der Waals surface area (Å²) >= 11 is 0. The molecule has 0 unspecified atom stereocenters. The van der Waals surface area contributed by atoms with Crippen LogP contribution in [0.15, 0.2) is 12.1 Å².